The Morgan fingerprint density at radius 1 is 1.06 bits per heavy atom. The van der Waals surface area contributed by atoms with Crippen LogP contribution < -0.4 is 0 Å². The van der Waals surface area contributed by atoms with Crippen LogP contribution in [0, 0.1) is 0 Å². The Kier molecular flexibility index (Phi) is 2.52. The number of halogens is 1. The van der Waals surface area contributed by atoms with Crippen molar-refractivity contribution in [3.05, 3.63) is 52.8 Å². The molecule has 0 unspecified atom stereocenters. The van der Waals surface area contributed by atoms with Gasteiger partial charge in [-0.15, -0.1) is 0 Å². The second-order valence-corrected chi connectivity index (χ2v) is 4.74. The van der Waals surface area contributed by atoms with E-state index in [2.05, 4.69) is 4.57 Å². The molecule has 17 heavy (non-hydrogen) atoms. The fourth-order valence-electron chi connectivity index (χ4n) is 2.37. The summed E-state index contributed by atoms with van der Waals surface area (Å²) in [6.07, 6.45) is 4.56. The molecule has 3 heteroatoms. The average molecular weight is 246 g/mol. The van der Waals surface area contributed by atoms with Crippen molar-refractivity contribution in [2.45, 2.75) is 19.3 Å². The van der Waals surface area contributed by atoms with E-state index in [1.807, 2.05) is 36.5 Å². The number of carbonyl (C=O) groups excluding carboxylic acids is 1. The van der Waals surface area contributed by atoms with Gasteiger partial charge in [0, 0.05) is 34.6 Å². The summed E-state index contributed by atoms with van der Waals surface area (Å²) in [6.45, 7) is 0. The van der Waals surface area contributed by atoms with Crippen LogP contribution in [0.15, 0.2) is 36.5 Å². The minimum Gasteiger partial charge on any atom is -0.320 e. The standard InChI is InChI=1S/C14H12ClNO/c15-10-4-6-11(7-5-10)16-9-8-12-13(16)2-1-3-14(12)17/h4-9H,1-3H2. The first-order valence-electron chi connectivity index (χ1n) is 5.75. The molecule has 3 rings (SSSR count). The molecule has 1 aliphatic carbocycles. The number of fused-ring (bicyclic) bond motifs is 1. The number of carbonyl (C=O) groups is 1. The zero-order valence-corrected chi connectivity index (χ0v) is 10.1. The zero-order chi connectivity index (χ0) is 11.8. The Bertz CT molecular complexity index is 568. The first-order chi connectivity index (χ1) is 8.25. The summed E-state index contributed by atoms with van der Waals surface area (Å²) in [7, 11) is 0. The molecule has 0 bridgehead atoms. The highest BCUT2D eigenvalue weighted by molar-refractivity contribution is 6.30. The molecule has 0 radical (unpaired) electrons. The number of rotatable bonds is 1. The molecule has 0 amide bonds. The molecule has 0 atom stereocenters. The van der Waals surface area contributed by atoms with E-state index in [-0.39, 0.29) is 5.78 Å². The Balaban J connectivity index is 2.10. The lowest BCUT2D eigenvalue weighted by atomic mass is 9.97. The number of benzene rings is 1. The maximum absolute atomic E-state index is 11.7. The topological polar surface area (TPSA) is 22.0 Å². The van der Waals surface area contributed by atoms with E-state index < -0.39 is 0 Å². The zero-order valence-electron chi connectivity index (χ0n) is 9.32. The summed E-state index contributed by atoms with van der Waals surface area (Å²) in [6, 6.07) is 9.61. The minimum atomic E-state index is 0.263. The number of Topliss-reactive ketones (excluding diaryl/α,β-unsaturated/α-hetero) is 1. The maximum Gasteiger partial charge on any atom is 0.164 e. The van der Waals surface area contributed by atoms with Gasteiger partial charge in [0.1, 0.15) is 0 Å². The molecular formula is C14H12ClNO. The number of ketones is 1. The van der Waals surface area contributed by atoms with Crippen molar-refractivity contribution in [2.75, 3.05) is 0 Å². The van der Waals surface area contributed by atoms with Gasteiger partial charge in [-0.25, -0.2) is 0 Å². The van der Waals surface area contributed by atoms with Gasteiger partial charge in [0.15, 0.2) is 5.78 Å². The third-order valence-electron chi connectivity index (χ3n) is 3.21. The summed E-state index contributed by atoms with van der Waals surface area (Å²) >= 11 is 5.88. The second-order valence-electron chi connectivity index (χ2n) is 4.30. The van der Waals surface area contributed by atoms with Gasteiger partial charge in [0.05, 0.1) is 0 Å². The molecule has 1 aromatic carbocycles. The van der Waals surface area contributed by atoms with E-state index in [0.717, 1.165) is 34.8 Å². The highest BCUT2D eigenvalue weighted by atomic mass is 35.5. The van der Waals surface area contributed by atoms with Crippen molar-refractivity contribution >= 4 is 17.4 Å². The first kappa shape index (κ1) is 10.6. The van der Waals surface area contributed by atoms with Crippen molar-refractivity contribution in [1.82, 2.24) is 4.57 Å². The van der Waals surface area contributed by atoms with Crippen molar-refractivity contribution in [1.29, 1.82) is 0 Å². The molecule has 0 spiro atoms. The predicted molar refractivity (Wildman–Crippen MR) is 68.0 cm³/mol. The van der Waals surface area contributed by atoms with Gasteiger partial charge in [-0.05, 0) is 43.2 Å². The second kappa shape index (κ2) is 4.04. The molecule has 0 N–H and O–H groups in total. The number of aromatic nitrogens is 1. The Morgan fingerprint density at radius 3 is 2.59 bits per heavy atom. The van der Waals surface area contributed by atoms with E-state index >= 15 is 0 Å². The molecule has 2 aromatic rings. The fourth-order valence-corrected chi connectivity index (χ4v) is 2.49. The molecule has 0 aliphatic heterocycles. The van der Waals surface area contributed by atoms with Gasteiger partial charge in [0.2, 0.25) is 0 Å². The summed E-state index contributed by atoms with van der Waals surface area (Å²) < 4.78 is 2.09. The van der Waals surface area contributed by atoms with Gasteiger partial charge in [0.25, 0.3) is 0 Å². The molecule has 1 aromatic heterocycles. The van der Waals surface area contributed by atoms with Crippen LogP contribution in [0.2, 0.25) is 5.02 Å². The van der Waals surface area contributed by atoms with Crippen LogP contribution in [0.3, 0.4) is 0 Å². The third kappa shape index (κ3) is 1.79. The largest absolute Gasteiger partial charge is 0.320 e. The van der Waals surface area contributed by atoms with Gasteiger partial charge in [-0.2, -0.15) is 0 Å². The van der Waals surface area contributed by atoms with Crippen molar-refractivity contribution < 1.29 is 4.79 Å². The lowest BCUT2D eigenvalue weighted by Crippen LogP contribution is -2.12. The highest BCUT2D eigenvalue weighted by Gasteiger charge is 2.20. The highest BCUT2D eigenvalue weighted by Crippen LogP contribution is 2.25. The van der Waals surface area contributed by atoms with Crippen molar-refractivity contribution in [3.8, 4) is 5.69 Å². The number of hydrogen-bond donors (Lipinski definition) is 0. The molecule has 1 aliphatic rings. The summed E-state index contributed by atoms with van der Waals surface area (Å²) in [5, 5.41) is 0.728. The van der Waals surface area contributed by atoms with E-state index in [1.165, 1.54) is 0 Å². The maximum atomic E-state index is 11.7. The van der Waals surface area contributed by atoms with Crippen molar-refractivity contribution in [2.24, 2.45) is 0 Å². The van der Waals surface area contributed by atoms with Crippen LogP contribution in [0.1, 0.15) is 28.9 Å². The molecular weight excluding hydrogens is 234 g/mol. The Labute approximate surface area is 105 Å². The van der Waals surface area contributed by atoms with Crippen molar-refractivity contribution in [3.63, 3.8) is 0 Å². The Morgan fingerprint density at radius 2 is 1.82 bits per heavy atom. The van der Waals surface area contributed by atoms with Crippen LogP contribution >= 0.6 is 11.6 Å². The SMILES string of the molecule is O=C1CCCc2c1ccn2-c1ccc(Cl)cc1. The monoisotopic (exact) mass is 245 g/mol. The van der Waals surface area contributed by atoms with E-state index in [4.69, 9.17) is 11.6 Å². The first-order valence-corrected chi connectivity index (χ1v) is 6.13. The third-order valence-corrected chi connectivity index (χ3v) is 3.47. The molecule has 2 nitrogen and oxygen atoms in total. The number of hydrogen-bond acceptors (Lipinski definition) is 1. The molecule has 0 saturated carbocycles. The lowest BCUT2D eigenvalue weighted by Gasteiger charge is -2.14. The van der Waals surface area contributed by atoms with Crippen LogP contribution in [0.25, 0.3) is 5.69 Å². The van der Waals surface area contributed by atoms with Crippen LogP contribution in [-0.2, 0) is 6.42 Å². The minimum absolute atomic E-state index is 0.263. The van der Waals surface area contributed by atoms with Crippen LogP contribution in [0.5, 0.6) is 0 Å². The van der Waals surface area contributed by atoms with Gasteiger partial charge >= 0.3 is 0 Å². The molecule has 1 heterocycles. The Hall–Kier alpha value is -1.54. The van der Waals surface area contributed by atoms with Gasteiger partial charge < -0.3 is 4.57 Å². The predicted octanol–water partition coefficient (Wildman–Crippen LogP) is 3.65. The molecule has 86 valence electrons. The van der Waals surface area contributed by atoms with Gasteiger partial charge in [-0.3, -0.25) is 4.79 Å². The van der Waals surface area contributed by atoms with Crippen LogP contribution in [0.4, 0.5) is 0 Å². The lowest BCUT2D eigenvalue weighted by molar-refractivity contribution is 0.0972. The van der Waals surface area contributed by atoms with Crippen LogP contribution in [-0.4, -0.2) is 10.4 Å². The van der Waals surface area contributed by atoms with E-state index in [1.54, 1.807) is 0 Å². The summed E-state index contributed by atoms with van der Waals surface area (Å²) in [5.41, 5.74) is 3.07. The summed E-state index contributed by atoms with van der Waals surface area (Å²) in [4.78, 5) is 11.7. The summed E-state index contributed by atoms with van der Waals surface area (Å²) in [5.74, 6) is 0.263. The van der Waals surface area contributed by atoms with Gasteiger partial charge in [-0.1, -0.05) is 11.6 Å². The molecule has 0 saturated heterocycles. The fraction of sp³-hybridized carbons (Fsp3) is 0.214. The smallest absolute Gasteiger partial charge is 0.164 e. The normalized spacial score (nSPS) is 14.8. The van der Waals surface area contributed by atoms with E-state index in [0.29, 0.717) is 6.42 Å². The average Bonchev–Trinajstić information content (AvgIpc) is 2.75. The number of nitrogens with zero attached hydrogens (tertiary/aromatic N) is 1. The van der Waals surface area contributed by atoms with E-state index in [9.17, 15) is 4.79 Å². The molecule has 0 fully saturated rings. The quantitative estimate of drug-likeness (QED) is 0.752.